The molecular weight excluding hydrogens is 302 g/mol. The van der Waals surface area contributed by atoms with Crippen LogP contribution in [0, 0.1) is 0 Å². The molecule has 24 heavy (non-hydrogen) atoms. The zero-order chi connectivity index (χ0) is 16.5. The first kappa shape index (κ1) is 16.2. The lowest BCUT2D eigenvalue weighted by atomic mass is 9.78. The van der Waals surface area contributed by atoms with Crippen molar-refractivity contribution in [2.45, 2.75) is 56.7 Å². The van der Waals surface area contributed by atoms with Gasteiger partial charge in [-0.2, -0.15) is 0 Å². The standard InChI is InChI=1S/C18H29N5O/c1-24-12-17-20-16(13-8-14(19)9-13)10-18(21-17)23-7-3-6-22-5-2-4-15(22)11-23/h10,13-15H,2-9,11-12,19H2,1H3. The van der Waals surface area contributed by atoms with Crippen LogP contribution < -0.4 is 10.6 Å². The van der Waals surface area contributed by atoms with Crippen LogP contribution in [0.3, 0.4) is 0 Å². The Kier molecular flexibility index (Phi) is 4.70. The first-order valence-corrected chi connectivity index (χ1v) is 9.34. The van der Waals surface area contributed by atoms with Crippen LogP contribution >= 0.6 is 0 Å². The average Bonchev–Trinajstić information content (AvgIpc) is 2.89. The molecule has 3 aliphatic rings. The van der Waals surface area contributed by atoms with Gasteiger partial charge in [0.25, 0.3) is 0 Å². The van der Waals surface area contributed by atoms with Gasteiger partial charge in [-0.3, -0.25) is 4.90 Å². The summed E-state index contributed by atoms with van der Waals surface area (Å²) in [6.07, 6.45) is 5.95. The minimum absolute atomic E-state index is 0.338. The average molecular weight is 331 g/mol. The number of ether oxygens (including phenoxy) is 1. The van der Waals surface area contributed by atoms with Crippen molar-refractivity contribution in [2.24, 2.45) is 5.73 Å². The van der Waals surface area contributed by atoms with Crippen molar-refractivity contribution < 1.29 is 4.74 Å². The normalized spacial score (nSPS) is 30.8. The minimum atomic E-state index is 0.338. The summed E-state index contributed by atoms with van der Waals surface area (Å²) in [4.78, 5) is 14.7. The minimum Gasteiger partial charge on any atom is -0.377 e. The lowest BCUT2D eigenvalue weighted by Gasteiger charge is -2.33. The number of hydrogen-bond donors (Lipinski definition) is 1. The van der Waals surface area contributed by atoms with Crippen LogP contribution in [0.4, 0.5) is 5.82 Å². The van der Waals surface area contributed by atoms with Crippen molar-refractivity contribution in [1.29, 1.82) is 0 Å². The van der Waals surface area contributed by atoms with Gasteiger partial charge in [-0.25, -0.2) is 9.97 Å². The predicted octanol–water partition coefficient (Wildman–Crippen LogP) is 1.50. The molecule has 1 aliphatic carbocycles. The molecule has 3 heterocycles. The molecule has 6 heteroatoms. The monoisotopic (exact) mass is 331 g/mol. The summed E-state index contributed by atoms with van der Waals surface area (Å²) in [5, 5.41) is 0. The van der Waals surface area contributed by atoms with Crippen LogP contribution in [0.25, 0.3) is 0 Å². The van der Waals surface area contributed by atoms with Gasteiger partial charge >= 0.3 is 0 Å². The van der Waals surface area contributed by atoms with E-state index in [9.17, 15) is 0 Å². The second-order valence-corrected chi connectivity index (χ2v) is 7.56. The fourth-order valence-electron chi connectivity index (χ4n) is 4.39. The molecule has 2 aliphatic heterocycles. The summed E-state index contributed by atoms with van der Waals surface area (Å²) < 4.78 is 5.30. The zero-order valence-corrected chi connectivity index (χ0v) is 14.7. The molecule has 6 nitrogen and oxygen atoms in total. The van der Waals surface area contributed by atoms with Gasteiger partial charge in [-0.05, 0) is 38.6 Å². The van der Waals surface area contributed by atoms with E-state index in [4.69, 9.17) is 20.4 Å². The third kappa shape index (κ3) is 3.27. The highest BCUT2D eigenvalue weighted by Crippen LogP contribution is 2.36. The molecule has 0 bridgehead atoms. The van der Waals surface area contributed by atoms with Crippen molar-refractivity contribution in [3.63, 3.8) is 0 Å². The van der Waals surface area contributed by atoms with Gasteiger partial charge in [0.05, 0.1) is 0 Å². The number of methoxy groups -OCH3 is 1. The Hall–Kier alpha value is -1.24. The van der Waals surface area contributed by atoms with E-state index in [1.165, 1.54) is 32.4 Å². The van der Waals surface area contributed by atoms with E-state index in [1.807, 2.05) is 0 Å². The first-order chi connectivity index (χ1) is 11.7. The van der Waals surface area contributed by atoms with Crippen LogP contribution in [0.15, 0.2) is 6.07 Å². The molecule has 132 valence electrons. The smallest absolute Gasteiger partial charge is 0.156 e. The molecule has 1 unspecified atom stereocenters. The largest absolute Gasteiger partial charge is 0.377 e. The summed E-state index contributed by atoms with van der Waals surface area (Å²) in [5.74, 6) is 2.38. The number of rotatable bonds is 4. The maximum atomic E-state index is 5.98. The first-order valence-electron chi connectivity index (χ1n) is 9.34. The Morgan fingerprint density at radius 2 is 2.04 bits per heavy atom. The highest BCUT2D eigenvalue weighted by atomic mass is 16.5. The number of nitrogens with two attached hydrogens (primary N) is 1. The second-order valence-electron chi connectivity index (χ2n) is 7.56. The maximum absolute atomic E-state index is 5.98. The number of nitrogens with zero attached hydrogens (tertiary/aromatic N) is 4. The van der Waals surface area contributed by atoms with E-state index < -0.39 is 0 Å². The number of aromatic nitrogens is 2. The van der Waals surface area contributed by atoms with Crippen molar-refractivity contribution in [2.75, 3.05) is 38.2 Å². The third-order valence-corrected chi connectivity index (χ3v) is 5.77. The van der Waals surface area contributed by atoms with Crippen LogP contribution in [-0.2, 0) is 11.3 Å². The lowest BCUT2D eigenvalue weighted by molar-refractivity contribution is 0.177. The van der Waals surface area contributed by atoms with E-state index in [0.29, 0.717) is 24.6 Å². The fourth-order valence-corrected chi connectivity index (χ4v) is 4.39. The molecule has 2 saturated heterocycles. The van der Waals surface area contributed by atoms with Crippen LogP contribution in [0.5, 0.6) is 0 Å². The van der Waals surface area contributed by atoms with Crippen molar-refractivity contribution in [1.82, 2.24) is 14.9 Å². The summed E-state index contributed by atoms with van der Waals surface area (Å²) in [7, 11) is 1.71. The van der Waals surface area contributed by atoms with Gasteiger partial charge in [0, 0.05) is 56.5 Å². The molecule has 2 N–H and O–H groups in total. The molecule has 1 aromatic heterocycles. The van der Waals surface area contributed by atoms with E-state index in [0.717, 1.165) is 43.3 Å². The second kappa shape index (κ2) is 6.94. The Labute approximate surface area is 144 Å². The topological polar surface area (TPSA) is 67.5 Å². The highest BCUT2D eigenvalue weighted by molar-refractivity contribution is 5.42. The summed E-state index contributed by atoms with van der Waals surface area (Å²) in [5.41, 5.74) is 7.13. The SMILES string of the molecule is COCc1nc(C2CC(N)C2)cc(N2CCCN3CCCC3C2)n1. The lowest BCUT2D eigenvalue weighted by Crippen LogP contribution is -2.38. The molecule has 0 spiro atoms. The van der Waals surface area contributed by atoms with Gasteiger partial charge in [-0.1, -0.05) is 0 Å². The van der Waals surface area contributed by atoms with Gasteiger partial charge < -0.3 is 15.4 Å². The predicted molar refractivity (Wildman–Crippen MR) is 94.1 cm³/mol. The molecule has 0 radical (unpaired) electrons. The van der Waals surface area contributed by atoms with Crippen LogP contribution in [-0.4, -0.2) is 60.2 Å². The van der Waals surface area contributed by atoms with Crippen LogP contribution in [0.1, 0.15) is 49.5 Å². The quantitative estimate of drug-likeness (QED) is 0.902. The third-order valence-electron chi connectivity index (χ3n) is 5.77. The Morgan fingerprint density at radius 1 is 1.21 bits per heavy atom. The molecule has 0 aromatic carbocycles. The summed E-state index contributed by atoms with van der Waals surface area (Å²) in [6.45, 7) is 5.14. The molecule has 3 fully saturated rings. The maximum Gasteiger partial charge on any atom is 0.156 e. The van der Waals surface area contributed by atoms with Gasteiger partial charge in [-0.15, -0.1) is 0 Å². The molecule has 4 rings (SSSR count). The summed E-state index contributed by atoms with van der Waals surface area (Å²) in [6, 6.07) is 3.23. The molecule has 1 saturated carbocycles. The fraction of sp³-hybridized carbons (Fsp3) is 0.778. The van der Waals surface area contributed by atoms with E-state index in [2.05, 4.69) is 15.9 Å². The molecule has 1 aromatic rings. The van der Waals surface area contributed by atoms with Gasteiger partial charge in [0.2, 0.25) is 0 Å². The van der Waals surface area contributed by atoms with Gasteiger partial charge in [0.1, 0.15) is 12.4 Å². The Bertz CT molecular complexity index is 575. The highest BCUT2D eigenvalue weighted by Gasteiger charge is 2.32. The zero-order valence-electron chi connectivity index (χ0n) is 14.7. The van der Waals surface area contributed by atoms with E-state index in [1.54, 1.807) is 7.11 Å². The van der Waals surface area contributed by atoms with Gasteiger partial charge in [0.15, 0.2) is 5.82 Å². The number of fused-ring (bicyclic) bond motifs is 1. The molecule has 1 atom stereocenters. The van der Waals surface area contributed by atoms with Crippen molar-refractivity contribution in [3.8, 4) is 0 Å². The number of hydrogen-bond acceptors (Lipinski definition) is 6. The summed E-state index contributed by atoms with van der Waals surface area (Å²) >= 11 is 0. The van der Waals surface area contributed by atoms with Crippen molar-refractivity contribution >= 4 is 5.82 Å². The molecule has 0 amide bonds. The van der Waals surface area contributed by atoms with Crippen LogP contribution in [0.2, 0.25) is 0 Å². The Balaban J connectivity index is 1.58. The number of anilines is 1. The van der Waals surface area contributed by atoms with E-state index >= 15 is 0 Å². The van der Waals surface area contributed by atoms with Crippen molar-refractivity contribution in [3.05, 3.63) is 17.6 Å². The van der Waals surface area contributed by atoms with E-state index in [-0.39, 0.29) is 0 Å². The molecular formula is C18H29N5O. The Morgan fingerprint density at radius 3 is 2.83 bits per heavy atom.